The lowest BCUT2D eigenvalue weighted by Gasteiger charge is -2.18. The van der Waals surface area contributed by atoms with Gasteiger partial charge in [-0.25, -0.2) is 9.98 Å². The van der Waals surface area contributed by atoms with Crippen LogP contribution >= 0.6 is 0 Å². The lowest BCUT2D eigenvalue weighted by Crippen LogP contribution is -2.76. The standard InChI is InChI=1S/C18H19N3O/c1-3-19-13-9-17-15(7-11(13)2)21-16-8-12-5-4-6-20-14(12)10-18(16)22-17/h7-10,20H,3-6H2,1-2H3/p+1. The SMILES string of the molecule is CC[NH+]=c1cc2oc3cc4c(cc3nc-2cc1C)CCCN4. The number of hydrogen-bond donors (Lipinski definition) is 2. The molecule has 0 saturated carbocycles. The number of aryl methyl sites for hydroxylation is 2. The summed E-state index contributed by atoms with van der Waals surface area (Å²) in [5.74, 6) is 0.824. The molecule has 2 aliphatic heterocycles. The van der Waals surface area contributed by atoms with Crippen LogP contribution in [0.5, 0.6) is 0 Å². The lowest BCUT2D eigenvalue weighted by molar-refractivity contribution is -0.496. The van der Waals surface area contributed by atoms with Crippen LogP contribution in [0.1, 0.15) is 24.5 Å². The maximum absolute atomic E-state index is 6.11. The molecular weight excluding hydrogens is 274 g/mol. The van der Waals surface area contributed by atoms with Crippen LogP contribution in [0.2, 0.25) is 0 Å². The van der Waals surface area contributed by atoms with E-state index in [1.165, 1.54) is 23.2 Å². The maximum atomic E-state index is 6.11. The minimum absolute atomic E-state index is 0.824. The van der Waals surface area contributed by atoms with Gasteiger partial charge in [-0.05, 0) is 44.4 Å². The van der Waals surface area contributed by atoms with Crippen molar-refractivity contribution < 1.29 is 9.41 Å². The van der Waals surface area contributed by atoms with Gasteiger partial charge in [-0.1, -0.05) is 0 Å². The second kappa shape index (κ2) is 5.13. The molecule has 0 atom stereocenters. The summed E-state index contributed by atoms with van der Waals surface area (Å²) < 4.78 is 6.11. The second-order valence-corrected chi connectivity index (χ2v) is 5.89. The molecule has 0 spiro atoms. The fourth-order valence-electron chi connectivity index (χ4n) is 3.13. The van der Waals surface area contributed by atoms with Gasteiger partial charge in [0.15, 0.2) is 11.3 Å². The van der Waals surface area contributed by atoms with Crippen molar-refractivity contribution in [2.24, 2.45) is 0 Å². The number of hydrogen-bond acceptors (Lipinski definition) is 3. The van der Waals surface area contributed by atoms with Crippen LogP contribution in [0.15, 0.2) is 28.7 Å². The minimum Gasteiger partial charge on any atom is -0.452 e. The van der Waals surface area contributed by atoms with Crippen molar-refractivity contribution in [3.05, 3.63) is 40.7 Å². The van der Waals surface area contributed by atoms with Crippen LogP contribution in [-0.4, -0.2) is 18.1 Å². The van der Waals surface area contributed by atoms with E-state index in [2.05, 4.69) is 42.4 Å². The predicted octanol–water partition coefficient (Wildman–Crippen LogP) is 1.60. The lowest BCUT2D eigenvalue weighted by atomic mass is 10.0. The molecule has 3 aliphatic rings. The topological polar surface area (TPSA) is 52.0 Å². The third-order valence-electron chi connectivity index (χ3n) is 4.26. The van der Waals surface area contributed by atoms with Gasteiger partial charge in [0.1, 0.15) is 17.8 Å². The molecule has 0 saturated heterocycles. The van der Waals surface area contributed by atoms with E-state index in [0.717, 1.165) is 47.4 Å². The molecule has 0 fully saturated rings. The minimum atomic E-state index is 0.824. The Morgan fingerprint density at radius 2 is 2.18 bits per heavy atom. The highest BCUT2D eigenvalue weighted by Crippen LogP contribution is 2.30. The first-order chi connectivity index (χ1) is 10.7. The maximum Gasteiger partial charge on any atom is 0.205 e. The highest BCUT2D eigenvalue weighted by molar-refractivity contribution is 5.82. The van der Waals surface area contributed by atoms with Gasteiger partial charge in [0.25, 0.3) is 0 Å². The zero-order valence-corrected chi connectivity index (χ0v) is 13.0. The Labute approximate surface area is 129 Å². The highest BCUT2D eigenvalue weighted by atomic mass is 16.3. The molecule has 2 heterocycles. The molecule has 0 aromatic heterocycles. The smallest absolute Gasteiger partial charge is 0.205 e. The first-order valence-corrected chi connectivity index (χ1v) is 7.93. The summed E-state index contributed by atoms with van der Waals surface area (Å²) in [5, 5.41) is 4.55. The molecular formula is C18H20N3O+. The first kappa shape index (κ1) is 13.3. The molecule has 0 radical (unpaired) electrons. The summed E-state index contributed by atoms with van der Waals surface area (Å²) in [7, 11) is 0. The van der Waals surface area contributed by atoms with Crippen LogP contribution in [0.4, 0.5) is 5.69 Å². The average molecular weight is 294 g/mol. The normalized spacial score (nSPS) is 15.1. The first-order valence-electron chi connectivity index (χ1n) is 7.93. The Morgan fingerprint density at radius 3 is 3.05 bits per heavy atom. The Bertz CT molecular complexity index is 895. The summed E-state index contributed by atoms with van der Waals surface area (Å²) in [6, 6.07) is 8.39. The predicted molar refractivity (Wildman–Crippen MR) is 86.8 cm³/mol. The van der Waals surface area contributed by atoms with Crippen molar-refractivity contribution in [2.75, 3.05) is 18.4 Å². The third kappa shape index (κ3) is 2.15. The van der Waals surface area contributed by atoms with Crippen molar-refractivity contribution in [3.63, 3.8) is 0 Å². The molecule has 4 nitrogen and oxygen atoms in total. The van der Waals surface area contributed by atoms with Crippen LogP contribution in [0.3, 0.4) is 0 Å². The van der Waals surface area contributed by atoms with E-state index in [-0.39, 0.29) is 0 Å². The van der Waals surface area contributed by atoms with Gasteiger partial charge in [0.05, 0.1) is 6.07 Å². The van der Waals surface area contributed by atoms with Gasteiger partial charge in [-0.3, -0.25) is 0 Å². The molecule has 1 aromatic rings. The zero-order chi connectivity index (χ0) is 15.1. The molecule has 1 aliphatic carbocycles. The Balaban J connectivity index is 1.99. The van der Waals surface area contributed by atoms with Crippen molar-refractivity contribution in [2.45, 2.75) is 26.7 Å². The van der Waals surface area contributed by atoms with Crippen LogP contribution < -0.4 is 15.7 Å². The van der Waals surface area contributed by atoms with E-state index >= 15 is 0 Å². The quantitative estimate of drug-likeness (QED) is 0.670. The van der Waals surface area contributed by atoms with E-state index in [4.69, 9.17) is 9.40 Å². The van der Waals surface area contributed by atoms with E-state index in [0.29, 0.717) is 0 Å². The van der Waals surface area contributed by atoms with Gasteiger partial charge < -0.3 is 9.73 Å². The zero-order valence-electron chi connectivity index (χ0n) is 13.0. The molecule has 4 heteroatoms. The Kier molecular flexibility index (Phi) is 3.10. The Morgan fingerprint density at radius 1 is 1.27 bits per heavy atom. The molecule has 1 aromatic carbocycles. The third-order valence-corrected chi connectivity index (χ3v) is 4.26. The second-order valence-electron chi connectivity index (χ2n) is 5.89. The van der Waals surface area contributed by atoms with Gasteiger partial charge in [-0.2, -0.15) is 0 Å². The monoisotopic (exact) mass is 294 g/mol. The number of fused-ring (bicyclic) bond motifs is 3. The number of rotatable bonds is 1. The molecule has 0 unspecified atom stereocenters. The number of anilines is 1. The summed E-state index contributed by atoms with van der Waals surface area (Å²) in [6.07, 6.45) is 2.28. The van der Waals surface area contributed by atoms with E-state index in [9.17, 15) is 0 Å². The number of benzene rings is 2. The largest absolute Gasteiger partial charge is 0.452 e. The van der Waals surface area contributed by atoms with Gasteiger partial charge in [0.2, 0.25) is 5.36 Å². The number of aromatic nitrogens is 1. The van der Waals surface area contributed by atoms with Gasteiger partial charge >= 0.3 is 0 Å². The van der Waals surface area contributed by atoms with Crippen LogP contribution in [0, 0.1) is 6.92 Å². The van der Waals surface area contributed by atoms with Gasteiger partial charge in [-0.15, -0.1) is 0 Å². The van der Waals surface area contributed by atoms with Gasteiger partial charge in [0, 0.05) is 23.9 Å². The summed E-state index contributed by atoms with van der Waals surface area (Å²) in [5.41, 5.74) is 6.40. The summed E-state index contributed by atoms with van der Waals surface area (Å²) >= 11 is 0. The number of nitrogens with one attached hydrogen (secondary N) is 2. The van der Waals surface area contributed by atoms with E-state index in [1.54, 1.807) is 0 Å². The molecule has 112 valence electrons. The average Bonchev–Trinajstić information content (AvgIpc) is 2.52. The molecule has 0 amide bonds. The Hall–Kier alpha value is -2.36. The molecule has 22 heavy (non-hydrogen) atoms. The fraction of sp³-hybridized carbons (Fsp3) is 0.333. The molecule has 2 N–H and O–H groups in total. The van der Waals surface area contributed by atoms with Crippen molar-refractivity contribution >= 4 is 16.8 Å². The van der Waals surface area contributed by atoms with Crippen LogP contribution in [0.25, 0.3) is 22.6 Å². The van der Waals surface area contributed by atoms with E-state index in [1.807, 2.05) is 6.07 Å². The van der Waals surface area contributed by atoms with Crippen LogP contribution in [-0.2, 0) is 6.42 Å². The molecule has 0 bridgehead atoms. The summed E-state index contributed by atoms with van der Waals surface area (Å²) in [4.78, 5) is 8.16. The van der Waals surface area contributed by atoms with Crippen molar-refractivity contribution in [1.29, 1.82) is 0 Å². The van der Waals surface area contributed by atoms with Crippen molar-refractivity contribution in [1.82, 2.24) is 4.98 Å². The number of nitrogens with zero attached hydrogens (tertiary/aromatic N) is 1. The fourth-order valence-corrected chi connectivity index (χ4v) is 3.13. The van der Waals surface area contributed by atoms with Crippen molar-refractivity contribution in [3.8, 4) is 11.5 Å². The highest BCUT2D eigenvalue weighted by Gasteiger charge is 2.15. The van der Waals surface area contributed by atoms with E-state index < -0.39 is 0 Å². The summed E-state index contributed by atoms with van der Waals surface area (Å²) in [6.45, 7) is 6.12. The molecule has 4 rings (SSSR count).